The van der Waals surface area contributed by atoms with Gasteiger partial charge in [0.15, 0.2) is 12.5 Å². The number of aromatic nitrogens is 5. The number of imidazole rings is 2. The van der Waals surface area contributed by atoms with Crippen molar-refractivity contribution in [2.75, 3.05) is 27.3 Å². The molecule has 17 heteroatoms. The number of fused-ring (bicyclic) bond motifs is 5. The SMILES string of the molecule is COC(=O)N[C@H](C(=O)N1CCCC1c1ncc(-c2ccc3c(c2)c(F)c2n3COc3cc(-c4cnc([C@@H]5CCCN5C(=O)C(C)(NC(=O)OC)C(C)C)[nH]4)ccc3-2)[nH]1)C(C)C. The van der Waals surface area contributed by atoms with Gasteiger partial charge in [-0.05, 0) is 68.7 Å². The van der Waals surface area contributed by atoms with Crippen LogP contribution in [0.4, 0.5) is 14.0 Å². The molecule has 0 saturated carbocycles. The number of hydrogen-bond donors (Lipinski definition) is 4. The molecule has 6 heterocycles. The summed E-state index contributed by atoms with van der Waals surface area (Å²) in [6, 6.07) is 9.82. The second-order valence-electron chi connectivity index (χ2n) is 16.8. The van der Waals surface area contributed by atoms with Crippen LogP contribution in [0.2, 0.25) is 0 Å². The Bertz CT molecular complexity index is 2510. The number of methoxy groups -OCH3 is 2. The van der Waals surface area contributed by atoms with Gasteiger partial charge >= 0.3 is 12.2 Å². The van der Waals surface area contributed by atoms with Crippen molar-refractivity contribution >= 4 is 34.9 Å². The van der Waals surface area contributed by atoms with E-state index in [1.54, 1.807) is 35.2 Å². The Morgan fingerprint density at radius 2 is 1.48 bits per heavy atom. The van der Waals surface area contributed by atoms with Crippen molar-refractivity contribution in [3.05, 3.63) is 66.3 Å². The maximum Gasteiger partial charge on any atom is 0.407 e. The summed E-state index contributed by atoms with van der Waals surface area (Å²) in [6.07, 6.45) is 5.09. The van der Waals surface area contributed by atoms with Gasteiger partial charge in [0.25, 0.3) is 0 Å². The van der Waals surface area contributed by atoms with E-state index in [4.69, 9.17) is 14.2 Å². The van der Waals surface area contributed by atoms with Crippen LogP contribution in [-0.4, -0.2) is 97.2 Å². The molecule has 0 radical (unpaired) electrons. The molecular formula is C44H52FN9O7. The predicted octanol–water partition coefficient (Wildman–Crippen LogP) is 7.06. The fourth-order valence-corrected chi connectivity index (χ4v) is 8.82. The van der Waals surface area contributed by atoms with Crippen molar-refractivity contribution in [3.8, 4) is 39.5 Å². The van der Waals surface area contributed by atoms with E-state index in [2.05, 4.69) is 30.6 Å². The van der Waals surface area contributed by atoms with Crippen LogP contribution >= 0.6 is 0 Å². The van der Waals surface area contributed by atoms with E-state index in [-0.39, 0.29) is 48.3 Å². The molecule has 0 bridgehead atoms. The Labute approximate surface area is 352 Å². The zero-order chi connectivity index (χ0) is 43.3. The predicted molar refractivity (Wildman–Crippen MR) is 223 cm³/mol. The van der Waals surface area contributed by atoms with Crippen LogP contribution in [0, 0.1) is 17.7 Å². The molecule has 3 aromatic heterocycles. The van der Waals surface area contributed by atoms with Crippen LogP contribution in [0.25, 0.3) is 44.7 Å². The van der Waals surface area contributed by atoms with Gasteiger partial charge in [0.2, 0.25) is 11.8 Å². The van der Waals surface area contributed by atoms with Crippen molar-refractivity contribution in [3.63, 3.8) is 0 Å². The van der Waals surface area contributed by atoms with E-state index in [1.807, 2.05) is 62.6 Å². The monoisotopic (exact) mass is 837 g/mol. The summed E-state index contributed by atoms with van der Waals surface area (Å²) in [4.78, 5) is 71.5. The lowest BCUT2D eigenvalue weighted by atomic mass is 9.86. The Hall–Kier alpha value is -6.39. The Balaban J connectivity index is 1.02. The number of nitrogens with zero attached hydrogens (tertiary/aromatic N) is 5. The molecule has 8 rings (SSSR count). The number of ether oxygens (including phenoxy) is 3. The molecule has 2 unspecified atom stereocenters. The first-order valence-corrected chi connectivity index (χ1v) is 20.8. The lowest BCUT2D eigenvalue weighted by Gasteiger charge is -2.37. The van der Waals surface area contributed by atoms with Crippen LogP contribution in [0.1, 0.15) is 84.0 Å². The smallest absolute Gasteiger partial charge is 0.407 e. The highest BCUT2D eigenvalue weighted by molar-refractivity contribution is 5.93. The van der Waals surface area contributed by atoms with Gasteiger partial charge in [-0.3, -0.25) is 9.59 Å². The Morgan fingerprint density at radius 3 is 2.10 bits per heavy atom. The number of amides is 4. The molecule has 3 aliphatic rings. The third-order valence-corrected chi connectivity index (χ3v) is 12.6. The third kappa shape index (κ3) is 7.33. The lowest BCUT2D eigenvalue weighted by Crippen LogP contribution is -2.60. The minimum Gasteiger partial charge on any atom is -0.472 e. The first-order chi connectivity index (χ1) is 29.2. The van der Waals surface area contributed by atoms with E-state index in [9.17, 15) is 19.2 Å². The first kappa shape index (κ1) is 41.3. The molecule has 0 spiro atoms. The van der Waals surface area contributed by atoms with Gasteiger partial charge in [-0.25, -0.2) is 23.9 Å². The molecule has 61 heavy (non-hydrogen) atoms. The van der Waals surface area contributed by atoms with Crippen molar-refractivity contribution in [1.29, 1.82) is 0 Å². The van der Waals surface area contributed by atoms with Crippen LogP contribution in [0.5, 0.6) is 5.75 Å². The first-order valence-electron chi connectivity index (χ1n) is 20.8. The summed E-state index contributed by atoms with van der Waals surface area (Å²) >= 11 is 0. The number of carbonyl (C=O) groups excluding carboxylic acids is 4. The van der Waals surface area contributed by atoms with Crippen molar-refractivity contribution in [2.45, 2.75) is 90.7 Å². The average molecular weight is 838 g/mol. The number of H-pyrrole nitrogens is 2. The molecule has 322 valence electrons. The summed E-state index contributed by atoms with van der Waals surface area (Å²) in [6.45, 7) is 10.4. The van der Waals surface area contributed by atoms with E-state index in [0.29, 0.717) is 71.2 Å². The van der Waals surface area contributed by atoms with Gasteiger partial charge in [0.1, 0.15) is 29.0 Å². The number of rotatable bonds is 10. The summed E-state index contributed by atoms with van der Waals surface area (Å²) < 4.78 is 34.2. The zero-order valence-electron chi connectivity index (χ0n) is 35.4. The molecule has 0 aliphatic carbocycles. The van der Waals surface area contributed by atoms with Crippen LogP contribution in [0.3, 0.4) is 0 Å². The number of benzene rings is 2. The van der Waals surface area contributed by atoms with Gasteiger partial charge in [0.05, 0.1) is 61.3 Å². The van der Waals surface area contributed by atoms with E-state index < -0.39 is 23.8 Å². The molecule has 2 saturated heterocycles. The molecule has 4 atom stereocenters. The van der Waals surface area contributed by atoms with Gasteiger partial charge in [-0.1, -0.05) is 39.8 Å². The highest BCUT2D eigenvalue weighted by Crippen LogP contribution is 2.44. The number of alkyl carbamates (subject to hydrolysis) is 2. The number of carbonyl (C=O) groups is 4. The van der Waals surface area contributed by atoms with Crippen LogP contribution < -0.4 is 15.4 Å². The highest BCUT2D eigenvalue weighted by Gasteiger charge is 2.45. The third-order valence-electron chi connectivity index (χ3n) is 12.6. The maximum atomic E-state index is 16.6. The number of nitrogens with one attached hydrogen (secondary N) is 4. The molecule has 4 amide bonds. The summed E-state index contributed by atoms with van der Waals surface area (Å²) in [5.74, 6) is 0.661. The molecular weight excluding hydrogens is 786 g/mol. The second kappa shape index (κ2) is 16.2. The number of hydrogen-bond acceptors (Lipinski definition) is 9. The molecule has 5 aromatic rings. The second-order valence-corrected chi connectivity index (χ2v) is 16.8. The average Bonchev–Trinajstić information content (AvgIpc) is 4.12. The van der Waals surface area contributed by atoms with Crippen LogP contribution in [-0.2, 0) is 25.8 Å². The number of aromatic amines is 2. The Kier molecular flexibility index (Phi) is 11.0. The van der Waals surface area contributed by atoms with Crippen molar-refractivity contribution in [1.82, 2.24) is 44.9 Å². The Morgan fingerprint density at radius 1 is 0.869 bits per heavy atom. The summed E-state index contributed by atoms with van der Waals surface area (Å²) in [5, 5.41) is 5.86. The zero-order valence-corrected chi connectivity index (χ0v) is 35.4. The minimum absolute atomic E-state index is 0.106. The topological polar surface area (TPSA) is 189 Å². The molecule has 2 fully saturated rings. The van der Waals surface area contributed by atoms with Gasteiger partial charge in [-0.15, -0.1) is 0 Å². The molecule has 16 nitrogen and oxygen atoms in total. The van der Waals surface area contributed by atoms with E-state index in [1.165, 1.54) is 14.2 Å². The van der Waals surface area contributed by atoms with Crippen LogP contribution in [0.15, 0.2) is 48.8 Å². The molecule has 4 N–H and O–H groups in total. The fourth-order valence-electron chi connectivity index (χ4n) is 8.82. The largest absolute Gasteiger partial charge is 0.472 e. The summed E-state index contributed by atoms with van der Waals surface area (Å²) in [5.41, 5.74) is 3.47. The van der Waals surface area contributed by atoms with Gasteiger partial charge < -0.3 is 49.2 Å². The normalized spacial score (nSPS) is 18.7. The van der Waals surface area contributed by atoms with Gasteiger partial charge in [0, 0.05) is 35.2 Å². The number of likely N-dealkylation sites (tertiary alicyclic amines) is 2. The number of halogens is 1. The lowest BCUT2D eigenvalue weighted by molar-refractivity contribution is -0.140. The minimum atomic E-state index is -1.17. The quantitative estimate of drug-likeness (QED) is 0.114. The van der Waals surface area contributed by atoms with E-state index in [0.717, 1.165) is 29.7 Å². The summed E-state index contributed by atoms with van der Waals surface area (Å²) in [7, 11) is 2.54. The van der Waals surface area contributed by atoms with Crippen molar-refractivity contribution < 1.29 is 37.8 Å². The maximum absolute atomic E-state index is 16.6. The van der Waals surface area contributed by atoms with Gasteiger partial charge in [-0.2, -0.15) is 0 Å². The molecule has 2 aromatic carbocycles. The standard InChI is InChI=1S/C44H52FN9O7/c1-23(2)36(50-42(57)59-6)40(55)52-16-8-10-32(52)38-46-20-29(48-38)25-13-15-31-28(18-25)35(45)37-27-14-12-26(19-34(27)61-22-54(31)37)30-21-47-39(49-30)33-11-9-17-53(33)41(56)44(5,24(3)4)51-43(58)60-7/h12-15,18-21,23-24,32-33,36H,8-11,16-17,22H2,1-7H3,(H,46,48)(H,47,49)(H,50,57)(H,51,58)/t32?,33-,36-,44?/m0/s1. The highest BCUT2D eigenvalue weighted by atomic mass is 19.1. The van der Waals surface area contributed by atoms with E-state index >= 15 is 4.39 Å². The fraction of sp³-hybridized carbons (Fsp3) is 0.455. The molecule has 3 aliphatic heterocycles. The van der Waals surface area contributed by atoms with Crippen molar-refractivity contribution in [2.24, 2.45) is 11.8 Å².